The molecule has 1 aliphatic rings. The van der Waals surface area contributed by atoms with Crippen LogP contribution in [0.2, 0.25) is 0 Å². The summed E-state index contributed by atoms with van der Waals surface area (Å²) >= 11 is 0. The molecule has 3 nitrogen and oxygen atoms in total. The number of carbonyl (C=O) groups is 1. The minimum Gasteiger partial charge on any atom is -0.296 e. The van der Waals surface area contributed by atoms with Crippen molar-refractivity contribution in [3.63, 3.8) is 0 Å². The van der Waals surface area contributed by atoms with Crippen LogP contribution in [0.3, 0.4) is 0 Å². The predicted molar refractivity (Wildman–Crippen MR) is 76.5 cm³/mol. The fourth-order valence-electron chi connectivity index (χ4n) is 2.24. The van der Waals surface area contributed by atoms with Gasteiger partial charge in [-0.25, -0.2) is 0 Å². The summed E-state index contributed by atoms with van der Waals surface area (Å²) in [5.74, 6) is 0.266. The predicted octanol–water partition coefficient (Wildman–Crippen LogP) is 1.65. The van der Waals surface area contributed by atoms with Gasteiger partial charge >= 0.3 is 0 Å². The molecule has 0 spiro atoms. The molecule has 0 heterocycles. The van der Waals surface area contributed by atoms with Crippen LogP contribution in [0.1, 0.15) is 0 Å². The SMILES string of the molecule is C=CCN(CC=C)C1C(=O)C1N(CC=C)CC=C. The van der Waals surface area contributed by atoms with Gasteiger partial charge in [-0.3, -0.25) is 14.6 Å². The molecule has 0 amide bonds. The van der Waals surface area contributed by atoms with Gasteiger partial charge in [0.15, 0.2) is 5.78 Å². The van der Waals surface area contributed by atoms with E-state index in [0.29, 0.717) is 26.2 Å². The third kappa shape index (κ3) is 3.28. The average Bonchev–Trinajstić information content (AvgIpc) is 3.00. The van der Waals surface area contributed by atoms with E-state index in [-0.39, 0.29) is 17.9 Å². The van der Waals surface area contributed by atoms with Gasteiger partial charge in [-0.05, 0) is 0 Å². The molecule has 0 aromatic heterocycles. The molecule has 0 radical (unpaired) electrons. The van der Waals surface area contributed by atoms with Crippen LogP contribution >= 0.6 is 0 Å². The third-order valence-electron chi connectivity index (χ3n) is 3.01. The summed E-state index contributed by atoms with van der Waals surface area (Å²) in [4.78, 5) is 16.2. The maximum absolute atomic E-state index is 12.0. The number of ketones is 1. The monoisotopic (exact) mass is 246 g/mol. The van der Waals surface area contributed by atoms with Gasteiger partial charge in [0.05, 0.1) is 12.1 Å². The lowest BCUT2D eigenvalue weighted by Gasteiger charge is -2.22. The Morgan fingerprint density at radius 3 is 1.28 bits per heavy atom. The summed E-state index contributed by atoms with van der Waals surface area (Å²) in [5, 5.41) is 0. The summed E-state index contributed by atoms with van der Waals surface area (Å²) in [7, 11) is 0. The Bertz CT molecular complexity index is 296. The molecule has 0 N–H and O–H groups in total. The summed E-state index contributed by atoms with van der Waals surface area (Å²) in [5.41, 5.74) is 0. The highest BCUT2D eigenvalue weighted by Gasteiger charge is 2.54. The number of nitrogens with zero attached hydrogens (tertiary/aromatic N) is 2. The second kappa shape index (κ2) is 7.09. The molecular weight excluding hydrogens is 224 g/mol. The molecule has 18 heavy (non-hydrogen) atoms. The van der Waals surface area contributed by atoms with Gasteiger partial charge in [0.25, 0.3) is 0 Å². The molecule has 2 atom stereocenters. The second-order valence-corrected chi connectivity index (χ2v) is 4.35. The molecule has 98 valence electrons. The average molecular weight is 246 g/mol. The van der Waals surface area contributed by atoms with Crippen molar-refractivity contribution in [1.82, 2.24) is 9.80 Å². The molecule has 1 aliphatic carbocycles. The lowest BCUT2D eigenvalue weighted by atomic mass is 10.3. The van der Waals surface area contributed by atoms with Crippen molar-refractivity contribution in [3.05, 3.63) is 50.6 Å². The van der Waals surface area contributed by atoms with Crippen molar-refractivity contribution in [2.75, 3.05) is 26.2 Å². The van der Waals surface area contributed by atoms with Crippen molar-refractivity contribution < 1.29 is 4.79 Å². The van der Waals surface area contributed by atoms with E-state index in [0.717, 1.165) is 0 Å². The molecule has 0 bridgehead atoms. The first-order valence-electron chi connectivity index (χ1n) is 6.16. The maximum atomic E-state index is 12.0. The van der Waals surface area contributed by atoms with Crippen LogP contribution < -0.4 is 0 Å². The minimum atomic E-state index is -0.0408. The fraction of sp³-hybridized carbons (Fsp3) is 0.400. The molecule has 0 saturated heterocycles. The molecule has 1 fully saturated rings. The van der Waals surface area contributed by atoms with E-state index in [1.54, 1.807) is 0 Å². The Hall–Kier alpha value is -1.45. The minimum absolute atomic E-state index is 0.0408. The summed E-state index contributed by atoms with van der Waals surface area (Å²) in [6, 6.07) is -0.0817. The smallest absolute Gasteiger partial charge is 0.171 e. The van der Waals surface area contributed by atoms with Crippen molar-refractivity contribution in [2.45, 2.75) is 12.1 Å². The van der Waals surface area contributed by atoms with Crippen molar-refractivity contribution in [2.24, 2.45) is 0 Å². The van der Waals surface area contributed by atoms with Gasteiger partial charge in [0.2, 0.25) is 0 Å². The van der Waals surface area contributed by atoms with Gasteiger partial charge < -0.3 is 0 Å². The highest BCUT2D eigenvalue weighted by Crippen LogP contribution is 2.29. The zero-order valence-corrected chi connectivity index (χ0v) is 10.9. The van der Waals surface area contributed by atoms with Gasteiger partial charge in [-0.15, -0.1) is 26.3 Å². The van der Waals surface area contributed by atoms with Crippen molar-refractivity contribution in [3.8, 4) is 0 Å². The molecule has 2 unspecified atom stereocenters. The van der Waals surface area contributed by atoms with E-state index in [4.69, 9.17) is 0 Å². The Morgan fingerprint density at radius 1 is 0.778 bits per heavy atom. The first-order valence-corrected chi connectivity index (χ1v) is 6.16. The van der Waals surface area contributed by atoms with Crippen LogP contribution in [0.15, 0.2) is 50.6 Å². The highest BCUT2D eigenvalue weighted by atomic mass is 16.1. The highest BCUT2D eigenvalue weighted by molar-refractivity contribution is 6.07. The Morgan fingerprint density at radius 2 is 1.06 bits per heavy atom. The van der Waals surface area contributed by atoms with Gasteiger partial charge in [0, 0.05) is 26.2 Å². The summed E-state index contributed by atoms with van der Waals surface area (Å²) in [6.07, 6.45) is 7.27. The first kappa shape index (κ1) is 14.6. The summed E-state index contributed by atoms with van der Waals surface area (Å²) in [6.45, 7) is 17.7. The van der Waals surface area contributed by atoms with Crippen molar-refractivity contribution >= 4 is 5.78 Å². The van der Waals surface area contributed by atoms with E-state index < -0.39 is 0 Å². The summed E-state index contributed by atoms with van der Waals surface area (Å²) < 4.78 is 0. The Kier molecular flexibility index (Phi) is 5.75. The lowest BCUT2D eigenvalue weighted by Crippen LogP contribution is -2.35. The molecule has 3 heteroatoms. The van der Waals surface area contributed by atoms with Crippen LogP contribution in [-0.2, 0) is 4.79 Å². The standard InChI is InChI=1S/C15H22N2O/c1-5-9-16(10-6-2)13-14(15(13)18)17(11-7-3)12-8-4/h5-8,13-14H,1-4,9-12H2. The first-order chi connectivity index (χ1) is 8.71. The molecule has 0 aliphatic heterocycles. The molecule has 1 rings (SSSR count). The maximum Gasteiger partial charge on any atom is 0.171 e. The number of rotatable bonds is 10. The van der Waals surface area contributed by atoms with Crippen LogP contribution in [0, 0.1) is 0 Å². The van der Waals surface area contributed by atoms with Crippen molar-refractivity contribution in [1.29, 1.82) is 0 Å². The van der Waals surface area contributed by atoms with E-state index in [9.17, 15) is 4.79 Å². The van der Waals surface area contributed by atoms with E-state index in [2.05, 4.69) is 36.1 Å². The second-order valence-electron chi connectivity index (χ2n) is 4.35. The lowest BCUT2D eigenvalue weighted by molar-refractivity contribution is -0.112. The van der Waals surface area contributed by atoms with Crippen LogP contribution in [-0.4, -0.2) is 53.8 Å². The Balaban J connectivity index is 2.70. The normalized spacial score (nSPS) is 22.0. The van der Waals surface area contributed by atoms with E-state index in [1.807, 2.05) is 24.3 Å². The number of Topliss-reactive ketones (excluding diaryl/α,β-unsaturated/α-hetero) is 1. The van der Waals surface area contributed by atoms with E-state index in [1.165, 1.54) is 0 Å². The zero-order chi connectivity index (χ0) is 13.5. The topological polar surface area (TPSA) is 23.6 Å². The third-order valence-corrected chi connectivity index (χ3v) is 3.01. The number of hydrogen-bond acceptors (Lipinski definition) is 3. The quantitative estimate of drug-likeness (QED) is 0.548. The van der Waals surface area contributed by atoms with Gasteiger partial charge in [0.1, 0.15) is 0 Å². The fourth-order valence-corrected chi connectivity index (χ4v) is 2.24. The number of hydrogen-bond donors (Lipinski definition) is 0. The van der Waals surface area contributed by atoms with Gasteiger partial charge in [-0.1, -0.05) is 24.3 Å². The van der Waals surface area contributed by atoms with Crippen LogP contribution in [0.5, 0.6) is 0 Å². The molecule has 0 aromatic carbocycles. The molecular formula is C15H22N2O. The van der Waals surface area contributed by atoms with Crippen LogP contribution in [0.4, 0.5) is 0 Å². The zero-order valence-electron chi connectivity index (χ0n) is 10.9. The van der Waals surface area contributed by atoms with Crippen LogP contribution in [0.25, 0.3) is 0 Å². The van der Waals surface area contributed by atoms with Gasteiger partial charge in [-0.2, -0.15) is 0 Å². The molecule has 0 aromatic rings. The Labute approximate surface area is 110 Å². The largest absolute Gasteiger partial charge is 0.296 e. The number of carbonyl (C=O) groups excluding carboxylic acids is 1. The van der Waals surface area contributed by atoms with E-state index >= 15 is 0 Å². The molecule has 1 saturated carbocycles.